The monoisotopic (exact) mass is 226 g/mol. The predicted molar refractivity (Wildman–Crippen MR) is 75.1 cm³/mol. The van der Waals surface area contributed by atoms with Crippen LogP contribution in [0.3, 0.4) is 0 Å². The fourth-order valence-corrected chi connectivity index (χ4v) is 2.29. The fraction of sp³-hybridized carbons (Fsp3) is 0.412. The maximum atomic E-state index is 2.36. The van der Waals surface area contributed by atoms with Crippen LogP contribution in [0.5, 0.6) is 0 Å². The standard InChI is InChI=1S/C17H22/c1-3-14-5-9-16(10-6-14)13-17-11-7-15(4-2)8-12-17/h5-12,14,16H,3-4,13H2,1-2H3. The first-order valence-corrected chi connectivity index (χ1v) is 6.76. The summed E-state index contributed by atoms with van der Waals surface area (Å²) in [6.45, 7) is 4.44. The van der Waals surface area contributed by atoms with Gasteiger partial charge in [-0.1, -0.05) is 62.4 Å². The van der Waals surface area contributed by atoms with Crippen molar-refractivity contribution in [2.75, 3.05) is 0 Å². The molecule has 0 aromatic heterocycles. The molecule has 0 amide bonds. The van der Waals surface area contributed by atoms with Gasteiger partial charge in [0.15, 0.2) is 0 Å². The highest BCUT2D eigenvalue weighted by molar-refractivity contribution is 5.25. The van der Waals surface area contributed by atoms with E-state index in [1.165, 1.54) is 17.5 Å². The van der Waals surface area contributed by atoms with Gasteiger partial charge in [-0.25, -0.2) is 0 Å². The van der Waals surface area contributed by atoms with Crippen LogP contribution in [-0.4, -0.2) is 0 Å². The van der Waals surface area contributed by atoms with E-state index in [1.54, 1.807) is 0 Å². The lowest BCUT2D eigenvalue weighted by Gasteiger charge is -2.15. The van der Waals surface area contributed by atoms with Crippen molar-refractivity contribution in [2.24, 2.45) is 11.8 Å². The molecule has 0 spiro atoms. The Balaban J connectivity index is 1.95. The molecule has 90 valence electrons. The van der Waals surface area contributed by atoms with Crippen molar-refractivity contribution in [3.63, 3.8) is 0 Å². The molecule has 0 bridgehead atoms. The van der Waals surface area contributed by atoms with E-state index in [9.17, 15) is 0 Å². The Kier molecular flexibility index (Phi) is 4.19. The van der Waals surface area contributed by atoms with Crippen molar-refractivity contribution in [3.8, 4) is 0 Å². The van der Waals surface area contributed by atoms with E-state index in [0.29, 0.717) is 11.8 Å². The molecule has 17 heavy (non-hydrogen) atoms. The zero-order valence-electron chi connectivity index (χ0n) is 10.9. The molecule has 0 unspecified atom stereocenters. The van der Waals surface area contributed by atoms with Crippen LogP contribution in [0.1, 0.15) is 31.4 Å². The van der Waals surface area contributed by atoms with Gasteiger partial charge in [-0.15, -0.1) is 0 Å². The highest BCUT2D eigenvalue weighted by Gasteiger charge is 2.08. The van der Waals surface area contributed by atoms with Crippen LogP contribution in [0, 0.1) is 11.8 Å². The number of benzene rings is 1. The van der Waals surface area contributed by atoms with E-state index in [0.717, 1.165) is 12.8 Å². The van der Waals surface area contributed by atoms with Gasteiger partial charge in [-0.05, 0) is 42.2 Å². The summed E-state index contributed by atoms with van der Waals surface area (Å²) in [7, 11) is 0. The molecule has 1 aromatic rings. The second-order valence-corrected chi connectivity index (χ2v) is 4.88. The first-order valence-electron chi connectivity index (χ1n) is 6.76. The van der Waals surface area contributed by atoms with Gasteiger partial charge in [-0.3, -0.25) is 0 Å². The second-order valence-electron chi connectivity index (χ2n) is 4.88. The van der Waals surface area contributed by atoms with Crippen LogP contribution >= 0.6 is 0 Å². The Morgan fingerprint density at radius 3 is 1.82 bits per heavy atom. The lowest BCUT2D eigenvalue weighted by molar-refractivity contribution is 0.705. The van der Waals surface area contributed by atoms with Crippen molar-refractivity contribution in [1.29, 1.82) is 0 Å². The normalized spacial score (nSPS) is 22.9. The van der Waals surface area contributed by atoms with Crippen LogP contribution in [0.15, 0.2) is 48.6 Å². The Hall–Kier alpha value is -1.30. The summed E-state index contributed by atoms with van der Waals surface area (Å²) in [4.78, 5) is 0. The van der Waals surface area contributed by atoms with E-state index in [-0.39, 0.29) is 0 Å². The highest BCUT2D eigenvalue weighted by atomic mass is 14.1. The molecule has 0 nitrogen and oxygen atoms in total. The molecule has 0 aliphatic heterocycles. The SMILES string of the molecule is CCc1ccc(CC2C=CC(CC)C=C2)cc1. The summed E-state index contributed by atoms with van der Waals surface area (Å²) in [6, 6.07) is 9.04. The van der Waals surface area contributed by atoms with Gasteiger partial charge in [0.1, 0.15) is 0 Å². The van der Waals surface area contributed by atoms with Crippen LogP contribution < -0.4 is 0 Å². The van der Waals surface area contributed by atoms with E-state index in [2.05, 4.69) is 62.4 Å². The largest absolute Gasteiger partial charge is 0.0810 e. The predicted octanol–water partition coefficient (Wildman–Crippen LogP) is 4.56. The van der Waals surface area contributed by atoms with Crippen molar-refractivity contribution in [1.82, 2.24) is 0 Å². The fourth-order valence-electron chi connectivity index (χ4n) is 2.29. The van der Waals surface area contributed by atoms with Crippen LogP contribution in [-0.2, 0) is 12.8 Å². The summed E-state index contributed by atoms with van der Waals surface area (Å²) in [5.74, 6) is 1.25. The van der Waals surface area contributed by atoms with Crippen LogP contribution in [0.2, 0.25) is 0 Å². The topological polar surface area (TPSA) is 0 Å². The lowest BCUT2D eigenvalue weighted by Crippen LogP contribution is -2.04. The van der Waals surface area contributed by atoms with E-state index < -0.39 is 0 Å². The summed E-state index contributed by atoms with van der Waals surface area (Å²) in [5.41, 5.74) is 2.87. The number of rotatable bonds is 4. The summed E-state index contributed by atoms with van der Waals surface area (Å²) >= 11 is 0. The van der Waals surface area contributed by atoms with Crippen molar-refractivity contribution in [3.05, 3.63) is 59.7 Å². The number of allylic oxidation sites excluding steroid dienone is 4. The molecular formula is C17H22. The molecule has 1 aliphatic rings. The Labute approximate surface area is 105 Å². The summed E-state index contributed by atoms with van der Waals surface area (Å²) in [5, 5.41) is 0. The average molecular weight is 226 g/mol. The van der Waals surface area contributed by atoms with Crippen LogP contribution in [0.25, 0.3) is 0 Å². The Morgan fingerprint density at radius 1 is 0.765 bits per heavy atom. The van der Waals surface area contributed by atoms with Gasteiger partial charge in [0.25, 0.3) is 0 Å². The first kappa shape index (κ1) is 12.2. The van der Waals surface area contributed by atoms with Gasteiger partial charge in [0.2, 0.25) is 0 Å². The van der Waals surface area contributed by atoms with E-state index >= 15 is 0 Å². The van der Waals surface area contributed by atoms with Crippen LogP contribution in [0.4, 0.5) is 0 Å². The van der Waals surface area contributed by atoms with Gasteiger partial charge in [0, 0.05) is 0 Å². The molecule has 0 heteroatoms. The maximum absolute atomic E-state index is 2.36. The lowest BCUT2D eigenvalue weighted by atomic mass is 9.90. The minimum Gasteiger partial charge on any atom is -0.0810 e. The van der Waals surface area contributed by atoms with Gasteiger partial charge < -0.3 is 0 Å². The molecule has 1 aromatic carbocycles. The molecule has 0 saturated carbocycles. The second kappa shape index (κ2) is 5.86. The highest BCUT2D eigenvalue weighted by Crippen LogP contribution is 2.20. The Bertz CT molecular complexity index is 381. The van der Waals surface area contributed by atoms with Gasteiger partial charge in [0.05, 0.1) is 0 Å². The van der Waals surface area contributed by atoms with Crippen molar-refractivity contribution < 1.29 is 0 Å². The Morgan fingerprint density at radius 2 is 1.29 bits per heavy atom. The minimum atomic E-state index is 0.588. The molecular weight excluding hydrogens is 204 g/mol. The first-order chi connectivity index (χ1) is 8.31. The third kappa shape index (κ3) is 3.33. The van der Waals surface area contributed by atoms with Crippen molar-refractivity contribution in [2.45, 2.75) is 33.1 Å². The van der Waals surface area contributed by atoms with Gasteiger partial charge >= 0.3 is 0 Å². The zero-order chi connectivity index (χ0) is 12.1. The van der Waals surface area contributed by atoms with Gasteiger partial charge in [-0.2, -0.15) is 0 Å². The third-order valence-electron chi connectivity index (χ3n) is 3.59. The number of aryl methyl sites for hydroxylation is 1. The molecule has 0 fully saturated rings. The molecule has 0 atom stereocenters. The quantitative estimate of drug-likeness (QED) is 0.660. The number of hydrogen-bond donors (Lipinski definition) is 0. The number of hydrogen-bond acceptors (Lipinski definition) is 0. The smallest absolute Gasteiger partial charge is 0.00126 e. The van der Waals surface area contributed by atoms with E-state index in [1.807, 2.05) is 0 Å². The molecule has 2 rings (SSSR count). The average Bonchev–Trinajstić information content (AvgIpc) is 2.40. The molecule has 1 aliphatic carbocycles. The molecule has 0 N–H and O–H groups in total. The zero-order valence-corrected chi connectivity index (χ0v) is 10.9. The molecule has 0 saturated heterocycles. The maximum Gasteiger partial charge on any atom is -0.00126 e. The van der Waals surface area contributed by atoms with E-state index in [4.69, 9.17) is 0 Å². The third-order valence-corrected chi connectivity index (χ3v) is 3.59. The molecule has 0 heterocycles. The summed E-state index contributed by atoms with van der Waals surface area (Å²) in [6.07, 6.45) is 12.9. The summed E-state index contributed by atoms with van der Waals surface area (Å²) < 4.78 is 0. The minimum absolute atomic E-state index is 0.588. The van der Waals surface area contributed by atoms with Crippen molar-refractivity contribution >= 4 is 0 Å². The molecule has 0 radical (unpaired) electrons.